The summed E-state index contributed by atoms with van der Waals surface area (Å²) < 4.78 is 0. The van der Waals surface area contributed by atoms with Crippen molar-refractivity contribution in [3.05, 3.63) is 146 Å². The Kier molecular flexibility index (Phi) is 5.85. The van der Waals surface area contributed by atoms with E-state index in [9.17, 15) is 24.5 Å². The molecule has 8 nitrogen and oxygen atoms in total. The van der Waals surface area contributed by atoms with E-state index < -0.39 is 45.8 Å². The molecule has 0 bridgehead atoms. The molecule has 0 unspecified atom stereocenters. The number of carbonyl (C=O) groups is 3. The summed E-state index contributed by atoms with van der Waals surface area (Å²) in [6.07, 6.45) is 3.66. The molecule has 1 N–H and O–H groups in total. The van der Waals surface area contributed by atoms with Crippen molar-refractivity contribution in [3.8, 4) is 0 Å². The number of nitrogens with zero attached hydrogens (tertiary/aromatic N) is 2. The summed E-state index contributed by atoms with van der Waals surface area (Å²) in [6, 6.07) is 25.0. The molecule has 1 fully saturated rings. The normalized spacial score (nSPS) is 23.2. The van der Waals surface area contributed by atoms with Crippen LogP contribution in [0.15, 0.2) is 103 Å². The number of non-ortho nitro benzene ring substituents is 1. The first-order chi connectivity index (χ1) is 20.3. The predicted molar refractivity (Wildman–Crippen MR) is 157 cm³/mol. The average molecular weight is 576 g/mol. The third kappa shape index (κ3) is 3.51. The van der Waals surface area contributed by atoms with Gasteiger partial charge in [0.2, 0.25) is 5.91 Å². The lowest BCUT2D eigenvalue weighted by molar-refractivity contribution is -0.384. The molecule has 206 valence electrons. The van der Waals surface area contributed by atoms with Crippen LogP contribution in [-0.4, -0.2) is 33.3 Å². The third-order valence-electron chi connectivity index (χ3n) is 8.62. The van der Waals surface area contributed by atoms with Crippen LogP contribution in [0.2, 0.25) is 5.02 Å². The molecule has 4 atom stereocenters. The molecule has 42 heavy (non-hydrogen) atoms. The minimum absolute atomic E-state index is 0.163. The second-order valence-electron chi connectivity index (χ2n) is 10.6. The summed E-state index contributed by atoms with van der Waals surface area (Å²) in [6.45, 7) is 0. The lowest BCUT2D eigenvalue weighted by atomic mass is 9.62. The van der Waals surface area contributed by atoms with Crippen molar-refractivity contribution < 1.29 is 19.3 Å². The molecular weight excluding hydrogens is 554 g/mol. The predicted octanol–water partition coefficient (Wildman–Crippen LogP) is 6.23. The number of ketones is 2. The Labute approximate surface area is 245 Å². The average Bonchev–Trinajstić information content (AvgIpc) is 3.49. The summed E-state index contributed by atoms with van der Waals surface area (Å²) >= 11 is 6.52. The molecule has 7 rings (SSSR count). The Hall–Kier alpha value is -5.08. The van der Waals surface area contributed by atoms with E-state index in [4.69, 9.17) is 11.6 Å². The highest BCUT2D eigenvalue weighted by molar-refractivity contribution is 6.34. The number of carbonyl (C=O) groups excluding carboxylic acids is 3. The smallest absolute Gasteiger partial charge is 0.269 e. The highest BCUT2D eigenvalue weighted by Crippen LogP contribution is 2.62. The van der Waals surface area contributed by atoms with E-state index in [1.165, 1.54) is 24.3 Å². The number of nitrogens with one attached hydrogen (secondary N) is 1. The molecule has 3 aliphatic heterocycles. The molecule has 4 aromatic carbocycles. The van der Waals surface area contributed by atoms with Crippen molar-refractivity contribution in [2.75, 3.05) is 5.32 Å². The largest absolute Gasteiger partial charge is 0.358 e. The fourth-order valence-corrected chi connectivity index (χ4v) is 7.14. The maximum atomic E-state index is 14.7. The number of benzene rings is 4. The number of amides is 1. The minimum Gasteiger partial charge on any atom is -0.358 e. The zero-order valence-corrected chi connectivity index (χ0v) is 22.7. The van der Waals surface area contributed by atoms with E-state index in [-0.39, 0.29) is 21.8 Å². The van der Waals surface area contributed by atoms with Crippen LogP contribution in [0, 0.1) is 16.0 Å². The van der Waals surface area contributed by atoms with Gasteiger partial charge in [0, 0.05) is 35.1 Å². The Morgan fingerprint density at radius 1 is 0.881 bits per heavy atom. The molecular formula is C33H22ClN3O5. The number of nitro groups is 1. The van der Waals surface area contributed by atoms with Crippen LogP contribution in [0.4, 0.5) is 11.4 Å². The van der Waals surface area contributed by atoms with Gasteiger partial charge in [-0.05, 0) is 53.1 Å². The summed E-state index contributed by atoms with van der Waals surface area (Å²) in [5.41, 5.74) is 1.60. The van der Waals surface area contributed by atoms with Crippen LogP contribution in [0.1, 0.15) is 43.4 Å². The van der Waals surface area contributed by atoms with Gasteiger partial charge >= 0.3 is 0 Å². The number of Topliss-reactive ketones (excluding diaryl/α,β-unsaturated/α-hetero) is 2. The minimum atomic E-state index is -1.50. The van der Waals surface area contributed by atoms with Crippen molar-refractivity contribution in [1.82, 2.24) is 4.90 Å². The Balaban J connectivity index is 1.53. The van der Waals surface area contributed by atoms with E-state index in [2.05, 4.69) is 5.32 Å². The van der Waals surface area contributed by atoms with Gasteiger partial charge in [0.1, 0.15) is 11.5 Å². The van der Waals surface area contributed by atoms with Crippen molar-refractivity contribution in [2.24, 2.45) is 5.92 Å². The van der Waals surface area contributed by atoms with Crippen molar-refractivity contribution >= 4 is 46.5 Å². The maximum Gasteiger partial charge on any atom is 0.269 e. The van der Waals surface area contributed by atoms with Gasteiger partial charge in [-0.2, -0.15) is 0 Å². The zero-order valence-electron chi connectivity index (χ0n) is 21.9. The first-order valence-corrected chi connectivity index (χ1v) is 13.7. The number of para-hydroxylation sites is 1. The van der Waals surface area contributed by atoms with E-state index >= 15 is 0 Å². The van der Waals surface area contributed by atoms with Crippen LogP contribution >= 0.6 is 11.6 Å². The first-order valence-electron chi connectivity index (χ1n) is 13.4. The molecule has 0 aliphatic carbocycles. The van der Waals surface area contributed by atoms with E-state index in [1.807, 2.05) is 47.4 Å². The third-order valence-corrected chi connectivity index (χ3v) is 8.95. The van der Waals surface area contributed by atoms with Gasteiger partial charge in [0.25, 0.3) is 5.69 Å². The first kappa shape index (κ1) is 25.9. The Bertz CT molecular complexity index is 1850. The SMILES string of the molecule is O=C(c1ccc([N+](=O)[O-])cc1)[C@@H]1[C@H](C(=O)c2ccccc2Cl)N2C=Cc3ccccc3[C@H]2[C@]12C(=O)Nc1ccccc12. The number of anilines is 1. The molecule has 9 heteroatoms. The van der Waals surface area contributed by atoms with Crippen LogP contribution in [0.25, 0.3) is 6.08 Å². The topological polar surface area (TPSA) is 110 Å². The van der Waals surface area contributed by atoms with Crippen LogP contribution in [0.3, 0.4) is 0 Å². The number of nitro benzene ring substituents is 1. The van der Waals surface area contributed by atoms with Crippen LogP contribution in [-0.2, 0) is 10.2 Å². The van der Waals surface area contributed by atoms with Gasteiger partial charge < -0.3 is 10.2 Å². The fraction of sp³-hybridized carbons (Fsp3) is 0.121. The molecule has 0 saturated carbocycles. The number of hydrogen-bond acceptors (Lipinski definition) is 6. The molecule has 3 aliphatic rings. The monoisotopic (exact) mass is 575 g/mol. The van der Waals surface area contributed by atoms with Gasteiger partial charge in [-0.3, -0.25) is 24.5 Å². The van der Waals surface area contributed by atoms with Gasteiger partial charge in [-0.15, -0.1) is 0 Å². The number of fused-ring (bicyclic) bond motifs is 6. The fourth-order valence-electron chi connectivity index (χ4n) is 6.92. The van der Waals surface area contributed by atoms with Gasteiger partial charge in [-0.25, -0.2) is 0 Å². The molecule has 1 saturated heterocycles. The molecule has 1 spiro atoms. The second-order valence-corrected chi connectivity index (χ2v) is 11.0. The summed E-state index contributed by atoms with van der Waals surface area (Å²) in [4.78, 5) is 56.4. The van der Waals surface area contributed by atoms with E-state index in [1.54, 1.807) is 42.6 Å². The summed E-state index contributed by atoms with van der Waals surface area (Å²) in [5.74, 6) is -2.46. The molecule has 3 heterocycles. The highest BCUT2D eigenvalue weighted by Gasteiger charge is 2.70. The van der Waals surface area contributed by atoms with Crippen LogP contribution in [0.5, 0.6) is 0 Å². The quantitative estimate of drug-likeness (QED) is 0.172. The summed E-state index contributed by atoms with van der Waals surface area (Å²) in [7, 11) is 0. The van der Waals surface area contributed by atoms with Gasteiger partial charge in [-0.1, -0.05) is 66.2 Å². The van der Waals surface area contributed by atoms with E-state index in [0.717, 1.165) is 11.1 Å². The molecule has 0 aromatic heterocycles. The number of halogens is 1. The second kappa shape index (κ2) is 9.49. The number of rotatable bonds is 5. The molecule has 0 radical (unpaired) electrons. The van der Waals surface area contributed by atoms with Crippen molar-refractivity contribution in [3.63, 3.8) is 0 Å². The lowest BCUT2D eigenvalue weighted by Crippen LogP contribution is -2.49. The summed E-state index contributed by atoms with van der Waals surface area (Å²) in [5, 5.41) is 14.6. The van der Waals surface area contributed by atoms with Gasteiger partial charge in [0.05, 0.1) is 21.9 Å². The van der Waals surface area contributed by atoms with Gasteiger partial charge in [0.15, 0.2) is 11.6 Å². The zero-order chi connectivity index (χ0) is 29.2. The van der Waals surface area contributed by atoms with Crippen molar-refractivity contribution in [1.29, 1.82) is 0 Å². The lowest BCUT2D eigenvalue weighted by Gasteiger charge is -2.38. The molecule has 4 aromatic rings. The van der Waals surface area contributed by atoms with Crippen molar-refractivity contribution in [2.45, 2.75) is 17.5 Å². The Morgan fingerprint density at radius 2 is 1.57 bits per heavy atom. The van der Waals surface area contributed by atoms with Crippen LogP contribution < -0.4 is 5.32 Å². The highest BCUT2D eigenvalue weighted by atomic mass is 35.5. The standard InChI is InChI=1S/C33H22ClN3O5/c34-25-11-5-3-9-23(25)30(39)28-27(29(38)20-13-15-21(16-14-20)37(41)42)33(24-10-4-6-12-26(24)35-32(33)40)31-22-8-2-1-7-19(22)17-18-36(28)31/h1-18,27-28,31H,(H,35,40)/t27-,28+,31-,33+/m0/s1. The van der Waals surface area contributed by atoms with E-state index in [0.29, 0.717) is 11.3 Å². The maximum absolute atomic E-state index is 14.7. The molecule has 1 amide bonds. The Morgan fingerprint density at radius 3 is 2.33 bits per heavy atom. The number of hydrogen-bond donors (Lipinski definition) is 1.